The molecule has 96 valence electrons. The minimum Gasteiger partial charge on any atom is -0.387 e. The van der Waals surface area contributed by atoms with Crippen molar-refractivity contribution < 1.29 is 0 Å². The van der Waals surface area contributed by atoms with E-state index in [1.54, 1.807) is 0 Å². The van der Waals surface area contributed by atoms with Gasteiger partial charge in [-0.3, -0.25) is 4.98 Å². The van der Waals surface area contributed by atoms with Gasteiger partial charge in [-0.2, -0.15) is 0 Å². The molecule has 0 saturated heterocycles. The second kappa shape index (κ2) is 4.77. The molecular formula is C15H19ClN2. The summed E-state index contributed by atoms with van der Waals surface area (Å²) in [4.78, 5) is 4.69. The lowest BCUT2D eigenvalue weighted by Crippen LogP contribution is -2.05. The van der Waals surface area contributed by atoms with Gasteiger partial charge >= 0.3 is 0 Å². The summed E-state index contributed by atoms with van der Waals surface area (Å²) >= 11 is 6.27. The molecule has 0 aliphatic rings. The van der Waals surface area contributed by atoms with Crippen molar-refractivity contribution in [3.63, 3.8) is 0 Å². The summed E-state index contributed by atoms with van der Waals surface area (Å²) < 4.78 is 0. The topological polar surface area (TPSA) is 24.9 Å². The molecule has 1 heterocycles. The van der Waals surface area contributed by atoms with Crippen LogP contribution in [-0.2, 0) is 0 Å². The highest BCUT2D eigenvalue weighted by atomic mass is 35.5. The summed E-state index contributed by atoms with van der Waals surface area (Å²) in [5.41, 5.74) is 5.58. The van der Waals surface area contributed by atoms with Crippen LogP contribution < -0.4 is 5.32 Å². The molecule has 0 bridgehead atoms. The number of hydrogen-bond acceptors (Lipinski definition) is 2. The van der Waals surface area contributed by atoms with Gasteiger partial charge in [0.1, 0.15) is 0 Å². The molecule has 1 aromatic carbocycles. The molecule has 1 aromatic heterocycles. The highest BCUT2D eigenvalue weighted by Gasteiger charge is 2.17. The quantitative estimate of drug-likeness (QED) is 0.851. The van der Waals surface area contributed by atoms with Crippen molar-refractivity contribution in [3.05, 3.63) is 34.0 Å². The zero-order chi connectivity index (χ0) is 13.4. The van der Waals surface area contributed by atoms with Crippen molar-refractivity contribution in [3.8, 4) is 0 Å². The van der Waals surface area contributed by atoms with E-state index in [1.165, 1.54) is 11.1 Å². The summed E-state index contributed by atoms with van der Waals surface area (Å²) in [5, 5.41) is 5.18. The Morgan fingerprint density at radius 1 is 1.22 bits per heavy atom. The monoisotopic (exact) mass is 262 g/mol. The first-order chi connectivity index (χ1) is 8.47. The summed E-state index contributed by atoms with van der Waals surface area (Å²) in [6, 6.07) is 3.97. The molecule has 2 rings (SSSR count). The summed E-state index contributed by atoms with van der Waals surface area (Å²) in [6.45, 7) is 8.53. The molecule has 0 aliphatic carbocycles. The molecule has 0 atom stereocenters. The third-order valence-electron chi connectivity index (χ3n) is 3.35. The Bertz CT molecular complexity index is 603. The number of hydrogen-bond donors (Lipinski definition) is 1. The average molecular weight is 263 g/mol. The summed E-state index contributed by atoms with van der Waals surface area (Å²) in [6.07, 6.45) is 0. The van der Waals surface area contributed by atoms with Crippen LogP contribution in [0.1, 0.15) is 36.6 Å². The first-order valence-electron chi connectivity index (χ1n) is 6.24. The normalized spacial score (nSPS) is 11.3. The van der Waals surface area contributed by atoms with Crippen molar-refractivity contribution in [1.29, 1.82) is 0 Å². The van der Waals surface area contributed by atoms with Gasteiger partial charge < -0.3 is 5.32 Å². The van der Waals surface area contributed by atoms with E-state index in [9.17, 15) is 0 Å². The Morgan fingerprint density at radius 3 is 2.44 bits per heavy atom. The molecule has 3 heteroatoms. The van der Waals surface area contributed by atoms with Crippen LogP contribution >= 0.6 is 11.6 Å². The van der Waals surface area contributed by atoms with Gasteiger partial charge in [0.05, 0.1) is 10.5 Å². The van der Waals surface area contributed by atoms with Crippen molar-refractivity contribution in [2.24, 2.45) is 0 Å². The van der Waals surface area contributed by atoms with Gasteiger partial charge in [-0.05, 0) is 37.0 Å². The molecule has 0 saturated carbocycles. The van der Waals surface area contributed by atoms with Crippen LogP contribution in [-0.4, -0.2) is 12.0 Å². The van der Waals surface area contributed by atoms with Crippen LogP contribution in [0.3, 0.4) is 0 Å². The van der Waals surface area contributed by atoms with Crippen molar-refractivity contribution >= 4 is 28.2 Å². The molecule has 2 aromatic rings. The van der Waals surface area contributed by atoms with Gasteiger partial charge in [-0.1, -0.05) is 31.5 Å². The molecule has 0 spiro atoms. The van der Waals surface area contributed by atoms with Crippen LogP contribution in [0.5, 0.6) is 0 Å². The second-order valence-electron chi connectivity index (χ2n) is 4.98. The molecule has 0 aliphatic heterocycles. The maximum Gasteiger partial charge on any atom is 0.0914 e. The van der Waals surface area contributed by atoms with Crippen molar-refractivity contribution in [1.82, 2.24) is 4.98 Å². The molecule has 0 fully saturated rings. The fraction of sp³-hybridized carbons (Fsp3) is 0.400. The van der Waals surface area contributed by atoms with Crippen LogP contribution in [0.25, 0.3) is 10.9 Å². The molecule has 18 heavy (non-hydrogen) atoms. The number of aryl methyl sites for hydroxylation is 2. The fourth-order valence-electron chi connectivity index (χ4n) is 2.60. The van der Waals surface area contributed by atoms with Gasteiger partial charge in [0.25, 0.3) is 0 Å². The second-order valence-corrected chi connectivity index (χ2v) is 5.39. The number of pyridine rings is 1. The Labute approximate surface area is 113 Å². The lowest BCUT2D eigenvalue weighted by Gasteiger charge is -2.19. The SMILES string of the molecule is CNc1c(C(C)C)c(C)nc2c(Cl)ccc(C)c12. The highest BCUT2D eigenvalue weighted by molar-refractivity contribution is 6.35. The number of rotatable bonds is 2. The van der Waals surface area contributed by atoms with Crippen molar-refractivity contribution in [2.45, 2.75) is 33.6 Å². The van der Waals surface area contributed by atoms with E-state index in [4.69, 9.17) is 16.6 Å². The van der Waals surface area contributed by atoms with E-state index in [0.29, 0.717) is 10.9 Å². The van der Waals surface area contributed by atoms with E-state index in [1.807, 2.05) is 26.1 Å². The van der Waals surface area contributed by atoms with Gasteiger partial charge in [0.15, 0.2) is 0 Å². The van der Waals surface area contributed by atoms with Crippen LogP contribution in [0.15, 0.2) is 12.1 Å². The molecule has 0 unspecified atom stereocenters. The lowest BCUT2D eigenvalue weighted by molar-refractivity contribution is 0.849. The number of benzene rings is 1. The van der Waals surface area contributed by atoms with Crippen LogP contribution in [0.2, 0.25) is 5.02 Å². The Hall–Kier alpha value is -1.28. The Morgan fingerprint density at radius 2 is 1.89 bits per heavy atom. The third kappa shape index (κ3) is 1.95. The number of nitrogens with zero attached hydrogens (tertiary/aromatic N) is 1. The smallest absolute Gasteiger partial charge is 0.0914 e. The molecular weight excluding hydrogens is 244 g/mol. The van der Waals surface area contributed by atoms with E-state index in [-0.39, 0.29) is 0 Å². The number of anilines is 1. The van der Waals surface area contributed by atoms with E-state index < -0.39 is 0 Å². The predicted octanol–water partition coefficient (Wildman–Crippen LogP) is 4.67. The number of aromatic nitrogens is 1. The predicted molar refractivity (Wildman–Crippen MR) is 79.9 cm³/mol. The van der Waals surface area contributed by atoms with E-state index in [2.05, 4.69) is 26.1 Å². The zero-order valence-electron chi connectivity index (χ0n) is 11.6. The third-order valence-corrected chi connectivity index (χ3v) is 3.66. The van der Waals surface area contributed by atoms with Crippen LogP contribution in [0.4, 0.5) is 5.69 Å². The number of nitrogens with one attached hydrogen (secondary N) is 1. The lowest BCUT2D eigenvalue weighted by atomic mass is 9.95. The van der Waals surface area contributed by atoms with Gasteiger partial charge in [0, 0.05) is 23.8 Å². The first kappa shape index (κ1) is 13.2. The van der Waals surface area contributed by atoms with E-state index >= 15 is 0 Å². The summed E-state index contributed by atoms with van der Waals surface area (Å²) in [5.74, 6) is 0.433. The molecule has 2 nitrogen and oxygen atoms in total. The van der Waals surface area contributed by atoms with Crippen molar-refractivity contribution in [2.75, 3.05) is 12.4 Å². The maximum absolute atomic E-state index is 6.27. The largest absolute Gasteiger partial charge is 0.387 e. The minimum absolute atomic E-state index is 0.433. The molecule has 0 amide bonds. The molecule has 0 radical (unpaired) electrons. The van der Waals surface area contributed by atoms with Gasteiger partial charge in [-0.15, -0.1) is 0 Å². The van der Waals surface area contributed by atoms with Gasteiger partial charge in [0.2, 0.25) is 0 Å². The summed E-state index contributed by atoms with van der Waals surface area (Å²) in [7, 11) is 1.96. The minimum atomic E-state index is 0.433. The highest BCUT2D eigenvalue weighted by Crippen LogP contribution is 2.37. The van der Waals surface area contributed by atoms with E-state index in [0.717, 1.165) is 22.3 Å². The fourth-order valence-corrected chi connectivity index (χ4v) is 2.80. The Balaban J connectivity index is 2.99. The number of fused-ring (bicyclic) bond motifs is 1. The first-order valence-corrected chi connectivity index (χ1v) is 6.62. The zero-order valence-corrected chi connectivity index (χ0v) is 12.3. The van der Waals surface area contributed by atoms with Crippen LogP contribution in [0, 0.1) is 13.8 Å². The Kier molecular flexibility index (Phi) is 3.49. The average Bonchev–Trinajstić information content (AvgIpc) is 2.32. The standard InChI is InChI=1S/C15H19ClN2/c1-8(2)12-10(4)18-14-11(16)7-6-9(3)13(14)15(12)17-5/h6-8H,1-5H3,(H,17,18). The number of halogens is 1. The van der Waals surface area contributed by atoms with Gasteiger partial charge in [-0.25, -0.2) is 0 Å². The molecule has 1 N–H and O–H groups in total. The maximum atomic E-state index is 6.27.